The number of nitrogens with zero attached hydrogens (tertiary/aromatic N) is 2. The summed E-state index contributed by atoms with van der Waals surface area (Å²) in [5.74, 6) is 0. The second-order valence-corrected chi connectivity index (χ2v) is 10.2. The summed E-state index contributed by atoms with van der Waals surface area (Å²) in [6, 6.07) is 11.9. The van der Waals surface area contributed by atoms with Crippen LogP contribution in [-0.4, -0.2) is 49.2 Å². The van der Waals surface area contributed by atoms with Crippen LogP contribution < -0.4 is 21.3 Å². The van der Waals surface area contributed by atoms with Crippen LogP contribution in [0.5, 0.6) is 0 Å². The van der Waals surface area contributed by atoms with E-state index < -0.39 is 6.03 Å². The van der Waals surface area contributed by atoms with Gasteiger partial charge in [-0.3, -0.25) is 4.90 Å². The second-order valence-electron chi connectivity index (χ2n) is 8.90. The topological polar surface area (TPSA) is 73.6 Å². The van der Waals surface area contributed by atoms with Gasteiger partial charge in [-0.05, 0) is 62.1 Å². The molecular weight excluding hydrogens is 481 g/mol. The summed E-state index contributed by atoms with van der Waals surface area (Å²) >= 11 is 18.9. The first kappa shape index (κ1) is 24.3. The number of hydrogen-bond acceptors (Lipinski definition) is 4. The van der Waals surface area contributed by atoms with Gasteiger partial charge in [-0.1, -0.05) is 40.9 Å². The van der Waals surface area contributed by atoms with Crippen molar-refractivity contribution < 1.29 is 4.79 Å². The highest BCUT2D eigenvalue weighted by Gasteiger charge is 2.31. The summed E-state index contributed by atoms with van der Waals surface area (Å²) in [4.78, 5) is 16.0. The molecule has 33 heavy (non-hydrogen) atoms. The van der Waals surface area contributed by atoms with E-state index in [2.05, 4.69) is 39.5 Å². The quantitative estimate of drug-likeness (QED) is 0.478. The van der Waals surface area contributed by atoms with E-state index in [1.54, 1.807) is 6.07 Å². The molecule has 2 aromatic carbocycles. The standard InChI is InChI=1S/C24H30Cl3N5O/c1-15(20-4-2-16(25)12-22(20)27)29-23-13-19(3-5-21(23)26)31-10-7-18(8-11-31)32-9-6-17(14-32)30-24(28)33/h2-5,12-13,15,17-18,29H,6-11,14H2,1H3,(H3,28,30,33). The van der Waals surface area contributed by atoms with Gasteiger partial charge >= 0.3 is 6.03 Å². The highest BCUT2D eigenvalue weighted by molar-refractivity contribution is 6.35. The van der Waals surface area contributed by atoms with Crippen molar-refractivity contribution >= 4 is 52.2 Å². The smallest absolute Gasteiger partial charge is 0.312 e. The van der Waals surface area contributed by atoms with Gasteiger partial charge in [0.05, 0.1) is 16.8 Å². The number of carbonyl (C=O) groups is 1. The molecule has 2 amide bonds. The molecular formula is C24H30Cl3N5O. The Labute approximate surface area is 210 Å². The maximum atomic E-state index is 11.1. The number of carbonyl (C=O) groups excluding carboxylic acids is 1. The van der Waals surface area contributed by atoms with Crippen LogP contribution >= 0.6 is 34.8 Å². The van der Waals surface area contributed by atoms with E-state index in [9.17, 15) is 4.79 Å². The summed E-state index contributed by atoms with van der Waals surface area (Å²) in [5, 5.41) is 8.27. The Balaban J connectivity index is 1.37. The molecule has 2 atom stereocenters. The summed E-state index contributed by atoms with van der Waals surface area (Å²) < 4.78 is 0. The molecule has 9 heteroatoms. The van der Waals surface area contributed by atoms with Crippen molar-refractivity contribution in [2.75, 3.05) is 36.4 Å². The van der Waals surface area contributed by atoms with Crippen molar-refractivity contribution in [3.63, 3.8) is 0 Å². The summed E-state index contributed by atoms with van der Waals surface area (Å²) in [6.07, 6.45) is 3.14. The summed E-state index contributed by atoms with van der Waals surface area (Å²) in [5.41, 5.74) is 8.29. The van der Waals surface area contributed by atoms with Gasteiger partial charge in [0.15, 0.2) is 0 Å². The molecule has 2 unspecified atom stereocenters. The molecule has 0 aliphatic carbocycles. The molecule has 4 N–H and O–H groups in total. The lowest BCUT2D eigenvalue weighted by atomic mass is 10.0. The third-order valence-corrected chi connectivity index (χ3v) is 7.56. The number of nitrogens with two attached hydrogens (primary N) is 1. The minimum atomic E-state index is -0.434. The lowest BCUT2D eigenvalue weighted by Gasteiger charge is -2.38. The van der Waals surface area contributed by atoms with Crippen molar-refractivity contribution in [2.24, 2.45) is 5.73 Å². The van der Waals surface area contributed by atoms with Gasteiger partial charge in [0, 0.05) is 54.0 Å². The summed E-state index contributed by atoms with van der Waals surface area (Å²) in [6.45, 7) is 5.91. The monoisotopic (exact) mass is 509 g/mol. The molecule has 0 spiro atoms. The van der Waals surface area contributed by atoms with Gasteiger partial charge < -0.3 is 21.3 Å². The van der Waals surface area contributed by atoms with Gasteiger partial charge in [0.2, 0.25) is 0 Å². The molecule has 0 bridgehead atoms. The number of rotatable bonds is 6. The fraction of sp³-hybridized carbons (Fsp3) is 0.458. The molecule has 2 fully saturated rings. The first-order chi connectivity index (χ1) is 15.8. The molecule has 2 heterocycles. The van der Waals surface area contributed by atoms with E-state index in [0.29, 0.717) is 21.1 Å². The van der Waals surface area contributed by atoms with Gasteiger partial charge in [-0.15, -0.1) is 0 Å². The minimum Gasteiger partial charge on any atom is -0.377 e. The fourth-order valence-electron chi connectivity index (χ4n) is 4.91. The normalized spacial score (nSPS) is 20.6. The highest BCUT2D eigenvalue weighted by Crippen LogP contribution is 2.34. The van der Waals surface area contributed by atoms with Crippen LogP contribution in [0.25, 0.3) is 0 Å². The molecule has 2 saturated heterocycles. The summed E-state index contributed by atoms with van der Waals surface area (Å²) in [7, 11) is 0. The number of anilines is 2. The molecule has 6 nitrogen and oxygen atoms in total. The Morgan fingerprint density at radius 1 is 1.03 bits per heavy atom. The van der Waals surface area contributed by atoms with E-state index in [0.717, 1.165) is 62.4 Å². The average Bonchev–Trinajstić information content (AvgIpc) is 3.23. The molecule has 0 radical (unpaired) electrons. The Morgan fingerprint density at radius 3 is 2.48 bits per heavy atom. The number of halogens is 3. The maximum Gasteiger partial charge on any atom is 0.312 e. The Morgan fingerprint density at radius 2 is 1.79 bits per heavy atom. The van der Waals surface area contributed by atoms with Crippen LogP contribution in [0.2, 0.25) is 15.1 Å². The van der Waals surface area contributed by atoms with E-state index in [1.165, 1.54) is 0 Å². The molecule has 2 aliphatic heterocycles. The van der Waals surface area contributed by atoms with Crippen LogP contribution in [0.1, 0.15) is 37.8 Å². The first-order valence-electron chi connectivity index (χ1n) is 11.4. The van der Waals surface area contributed by atoms with Crippen molar-refractivity contribution in [1.82, 2.24) is 10.2 Å². The highest BCUT2D eigenvalue weighted by atomic mass is 35.5. The molecule has 2 aliphatic rings. The number of piperidine rings is 1. The first-order valence-corrected chi connectivity index (χ1v) is 12.5. The molecule has 0 saturated carbocycles. The Hall–Kier alpha value is -1.86. The maximum absolute atomic E-state index is 11.1. The predicted octanol–water partition coefficient (Wildman–Crippen LogP) is 5.53. The van der Waals surface area contributed by atoms with Crippen LogP contribution in [0, 0.1) is 0 Å². The zero-order valence-corrected chi connectivity index (χ0v) is 20.9. The third kappa shape index (κ3) is 5.99. The largest absolute Gasteiger partial charge is 0.377 e. The SMILES string of the molecule is CC(Nc1cc(N2CCC(N3CCC(NC(N)=O)C3)CC2)ccc1Cl)c1ccc(Cl)cc1Cl. The lowest BCUT2D eigenvalue weighted by Crippen LogP contribution is -2.46. The van der Waals surface area contributed by atoms with Gasteiger partial charge in [-0.25, -0.2) is 4.79 Å². The molecule has 0 aromatic heterocycles. The predicted molar refractivity (Wildman–Crippen MR) is 138 cm³/mol. The number of likely N-dealkylation sites (tertiary alicyclic amines) is 1. The molecule has 178 valence electrons. The Bertz CT molecular complexity index is 996. The van der Waals surface area contributed by atoms with Gasteiger partial charge in [0.1, 0.15) is 0 Å². The van der Waals surface area contributed by atoms with Gasteiger partial charge in [-0.2, -0.15) is 0 Å². The lowest BCUT2D eigenvalue weighted by molar-refractivity contribution is 0.202. The Kier molecular flexibility index (Phi) is 7.80. The number of nitrogens with one attached hydrogen (secondary N) is 2. The molecule has 2 aromatic rings. The number of hydrogen-bond donors (Lipinski definition) is 3. The number of amides is 2. The van der Waals surface area contributed by atoms with E-state index in [-0.39, 0.29) is 12.1 Å². The third-order valence-electron chi connectivity index (χ3n) is 6.66. The molecule has 4 rings (SSSR count). The van der Waals surface area contributed by atoms with E-state index in [4.69, 9.17) is 40.5 Å². The van der Waals surface area contributed by atoms with Crippen molar-refractivity contribution in [3.05, 3.63) is 57.0 Å². The zero-order valence-electron chi connectivity index (χ0n) is 18.7. The van der Waals surface area contributed by atoms with Crippen LogP contribution in [0.15, 0.2) is 36.4 Å². The van der Waals surface area contributed by atoms with Gasteiger partial charge in [0.25, 0.3) is 0 Å². The van der Waals surface area contributed by atoms with Crippen LogP contribution in [0.4, 0.5) is 16.2 Å². The van der Waals surface area contributed by atoms with E-state index >= 15 is 0 Å². The second kappa shape index (κ2) is 10.6. The number of primary amides is 1. The van der Waals surface area contributed by atoms with Crippen molar-refractivity contribution in [3.8, 4) is 0 Å². The van der Waals surface area contributed by atoms with Crippen molar-refractivity contribution in [2.45, 2.75) is 44.3 Å². The van der Waals surface area contributed by atoms with Crippen LogP contribution in [0.3, 0.4) is 0 Å². The minimum absolute atomic E-state index is 0.0228. The average molecular weight is 511 g/mol. The van der Waals surface area contributed by atoms with Crippen LogP contribution in [-0.2, 0) is 0 Å². The van der Waals surface area contributed by atoms with E-state index in [1.807, 2.05) is 18.2 Å². The number of benzene rings is 2. The fourth-order valence-corrected chi connectivity index (χ4v) is 5.66. The number of urea groups is 1. The zero-order chi connectivity index (χ0) is 23.5. The van der Waals surface area contributed by atoms with Crippen molar-refractivity contribution in [1.29, 1.82) is 0 Å².